The summed E-state index contributed by atoms with van der Waals surface area (Å²) in [5, 5.41) is 3.09. The topological polar surface area (TPSA) is 101 Å². The predicted octanol–water partition coefficient (Wildman–Crippen LogP) is 6.60. The summed E-state index contributed by atoms with van der Waals surface area (Å²) in [7, 11) is 0. The molecule has 2 aromatic carbocycles. The minimum absolute atomic E-state index is 0.108. The smallest absolute Gasteiger partial charge is 0.255 e. The number of thiazole rings is 1. The second-order valence-electron chi connectivity index (χ2n) is 12.8. The molecule has 2 aliphatic heterocycles. The summed E-state index contributed by atoms with van der Waals surface area (Å²) in [6, 6.07) is 12.3. The van der Waals surface area contributed by atoms with Crippen molar-refractivity contribution < 1.29 is 23.9 Å². The molecule has 48 heavy (non-hydrogen) atoms. The molecule has 0 aliphatic carbocycles. The average molecular weight is 695 g/mol. The molecule has 11 heteroatoms. The van der Waals surface area contributed by atoms with Crippen molar-refractivity contribution in [3.8, 4) is 16.2 Å². The maximum absolute atomic E-state index is 14.1. The third-order valence-electron chi connectivity index (χ3n) is 9.05. The quantitative estimate of drug-likeness (QED) is 0.126. The SMILES string of the molecule is Cc1ncsc1-c1ccc(CNC(=O)[C@@H]2CCCN2C(=O)C(C(C)C)N2Cc3ccccc3C2=O)c(OCCCCOCCCCCl)c1. The highest BCUT2D eigenvalue weighted by molar-refractivity contribution is 7.13. The Bertz CT molecular complexity index is 1560. The van der Waals surface area contributed by atoms with Gasteiger partial charge in [0.2, 0.25) is 11.8 Å². The molecule has 3 aromatic rings. The van der Waals surface area contributed by atoms with Crippen LogP contribution in [-0.4, -0.2) is 76.8 Å². The summed E-state index contributed by atoms with van der Waals surface area (Å²) >= 11 is 7.32. The normalized spacial score (nSPS) is 16.4. The summed E-state index contributed by atoms with van der Waals surface area (Å²) in [5.41, 5.74) is 6.26. The number of carbonyl (C=O) groups is 3. The van der Waals surface area contributed by atoms with Gasteiger partial charge in [-0.1, -0.05) is 44.2 Å². The number of unbranched alkanes of at least 4 members (excludes halogenated alkanes) is 2. The van der Waals surface area contributed by atoms with Crippen LogP contribution in [0, 0.1) is 12.8 Å². The summed E-state index contributed by atoms with van der Waals surface area (Å²) in [6.45, 7) is 8.99. The molecule has 9 nitrogen and oxygen atoms in total. The molecule has 0 radical (unpaired) electrons. The first kappa shape index (κ1) is 35.8. The molecule has 258 valence electrons. The number of ether oxygens (including phenoxy) is 2. The lowest BCUT2D eigenvalue weighted by Gasteiger charge is -2.35. The van der Waals surface area contributed by atoms with Crippen LogP contribution in [0.3, 0.4) is 0 Å². The van der Waals surface area contributed by atoms with Crippen LogP contribution < -0.4 is 10.1 Å². The van der Waals surface area contributed by atoms with Gasteiger partial charge in [0.05, 0.1) is 22.7 Å². The summed E-state index contributed by atoms with van der Waals surface area (Å²) < 4.78 is 12.0. The first-order valence-corrected chi connectivity index (χ1v) is 18.5. The van der Waals surface area contributed by atoms with Crippen molar-refractivity contribution in [1.82, 2.24) is 20.1 Å². The van der Waals surface area contributed by atoms with Gasteiger partial charge in [0, 0.05) is 49.9 Å². The number of nitrogens with zero attached hydrogens (tertiary/aromatic N) is 3. The Morgan fingerprint density at radius 1 is 1.08 bits per heavy atom. The Balaban J connectivity index is 1.22. The van der Waals surface area contributed by atoms with Crippen LogP contribution in [0.2, 0.25) is 0 Å². The number of nitrogens with one attached hydrogen (secondary N) is 1. The Kier molecular flexibility index (Phi) is 12.9. The monoisotopic (exact) mass is 694 g/mol. The van der Waals surface area contributed by atoms with Crippen molar-refractivity contribution in [1.29, 1.82) is 0 Å². The van der Waals surface area contributed by atoms with Crippen LogP contribution in [0.5, 0.6) is 5.75 Å². The van der Waals surface area contributed by atoms with Gasteiger partial charge in [-0.2, -0.15) is 0 Å². The van der Waals surface area contributed by atoms with Gasteiger partial charge < -0.3 is 24.6 Å². The van der Waals surface area contributed by atoms with Crippen molar-refractivity contribution in [2.24, 2.45) is 5.92 Å². The molecular formula is C37H47ClN4O5S. The number of alkyl halides is 1. The molecule has 2 aliphatic rings. The molecule has 1 N–H and O–H groups in total. The van der Waals surface area contributed by atoms with E-state index in [9.17, 15) is 14.4 Å². The number of hydrogen-bond acceptors (Lipinski definition) is 7. The van der Waals surface area contributed by atoms with Gasteiger partial charge in [0.15, 0.2) is 0 Å². The number of fused-ring (bicyclic) bond motifs is 1. The summed E-state index contributed by atoms with van der Waals surface area (Å²) in [4.78, 5) is 49.9. The third-order valence-corrected chi connectivity index (χ3v) is 10.3. The van der Waals surface area contributed by atoms with Gasteiger partial charge in [0.25, 0.3) is 5.91 Å². The Labute approximate surface area is 293 Å². The van der Waals surface area contributed by atoms with Crippen LogP contribution in [0.4, 0.5) is 0 Å². The van der Waals surface area contributed by atoms with Crippen molar-refractivity contribution in [3.05, 3.63) is 70.4 Å². The minimum Gasteiger partial charge on any atom is -0.493 e. The van der Waals surface area contributed by atoms with E-state index in [0.29, 0.717) is 44.2 Å². The number of carbonyl (C=O) groups excluding carboxylic acids is 3. The molecule has 3 heterocycles. The number of aryl methyl sites for hydroxylation is 1. The van der Waals surface area contributed by atoms with E-state index in [-0.39, 0.29) is 30.2 Å². The van der Waals surface area contributed by atoms with Crippen molar-refractivity contribution in [2.75, 3.05) is 32.2 Å². The summed E-state index contributed by atoms with van der Waals surface area (Å²) in [6.07, 6.45) is 4.97. The van der Waals surface area contributed by atoms with Crippen LogP contribution in [0.1, 0.15) is 79.6 Å². The van der Waals surface area contributed by atoms with E-state index in [2.05, 4.69) is 10.3 Å². The van der Waals surface area contributed by atoms with Crippen LogP contribution in [0.15, 0.2) is 48.0 Å². The molecule has 0 spiro atoms. The second-order valence-corrected chi connectivity index (χ2v) is 14.1. The highest BCUT2D eigenvalue weighted by Crippen LogP contribution is 2.33. The molecule has 3 amide bonds. The predicted molar refractivity (Wildman–Crippen MR) is 189 cm³/mol. The van der Waals surface area contributed by atoms with Crippen LogP contribution >= 0.6 is 22.9 Å². The zero-order valence-electron chi connectivity index (χ0n) is 28.2. The van der Waals surface area contributed by atoms with E-state index in [0.717, 1.165) is 71.7 Å². The average Bonchev–Trinajstić information content (AvgIpc) is 3.82. The fourth-order valence-corrected chi connectivity index (χ4v) is 7.49. The number of amides is 3. The number of benzene rings is 2. The number of likely N-dealkylation sites (tertiary alicyclic amines) is 1. The Morgan fingerprint density at radius 3 is 2.58 bits per heavy atom. The number of halogens is 1. The third kappa shape index (κ3) is 8.57. The fraction of sp³-hybridized carbons (Fsp3) is 0.514. The first-order chi connectivity index (χ1) is 23.3. The van der Waals surface area contributed by atoms with E-state index >= 15 is 0 Å². The molecule has 0 bridgehead atoms. The molecule has 0 saturated carbocycles. The van der Waals surface area contributed by atoms with Gasteiger partial charge in [-0.25, -0.2) is 4.98 Å². The lowest BCUT2D eigenvalue weighted by atomic mass is 10.0. The van der Waals surface area contributed by atoms with Crippen molar-refractivity contribution >= 4 is 40.7 Å². The van der Waals surface area contributed by atoms with Gasteiger partial charge in [-0.05, 0) is 74.6 Å². The lowest BCUT2D eigenvalue weighted by Crippen LogP contribution is -2.55. The Hall–Kier alpha value is -3.47. The summed E-state index contributed by atoms with van der Waals surface area (Å²) in [5.74, 6) is 0.779. The maximum Gasteiger partial charge on any atom is 0.255 e. The molecule has 1 fully saturated rings. The molecular weight excluding hydrogens is 648 g/mol. The molecule has 2 atom stereocenters. The number of hydrogen-bond donors (Lipinski definition) is 1. The molecule has 1 aromatic heterocycles. The first-order valence-electron chi connectivity index (χ1n) is 17.1. The van der Waals surface area contributed by atoms with Gasteiger partial charge >= 0.3 is 0 Å². The minimum atomic E-state index is -0.642. The number of rotatable bonds is 17. The van der Waals surface area contributed by atoms with E-state index < -0.39 is 12.1 Å². The zero-order valence-corrected chi connectivity index (χ0v) is 29.8. The van der Waals surface area contributed by atoms with Gasteiger partial charge in [-0.15, -0.1) is 22.9 Å². The van der Waals surface area contributed by atoms with Crippen LogP contribution in [0.25, 0.3) is 10.4 Å². The van der Waals surface area contributed by atoms with E-state index in [4.69, 9.17) is 21.1 Å². The lowest BCUT2D eigenvalue weighted by molar-refractivity contribution is -0.143. The molecule has 1 unspecified atom stereocenters. The highest BCUT2D eigenvalue weighted by Gasteiger charge is 2.43. The van der Waals surface area contributed by atoms with E-state index in [1.54, 1.807) is 21.1 Å². The number of aromatic nitrogens is 1. The zero-order chi connectivity index (χ0) is 34.0. The fourth-order valence-electron chi connectivity index (χ4n) is 6.50. The van der Waals surface area contributed by atoms with Crippen LogP contribution in [-0.2, 0) is 27.4 Å². The second kappa shape index (κ2) is 17.3. The van der Waals surface area contributed by atoms with Gasteiger partial charge in [-0.3, -0.25) is 14.4 Å². The van der Waals surface area contributed by atoms with Crippen molar-refractivity contribution in [3.63, 3.8) is 0 Å². The molecule has 5 rings (SSSR count). The highest BCUT2D eigenvalue weighted by atomic mass is 35.5. The largest absolute Gasteiger partial charge is 0.493 e. The van der Waals surface area contributed by atoms with Crippen molar-refractivity contribution in [2.45, 2.75) is 84.5 Å². The Morgan fingerprint density at radius 2 is 1.85 bits per heavy atom. The maximum atomic E-state index is 14.1. The van der Waals surface area contributed by atoms with E-state index in [1.165, 1.54) is 0 Å². The van der Waals surface area contributed by atoms with Gasteiger partial charge in [0.1, 0.15) is 17.8 Å². The van der Waals surface area contributed by atoms with E-state index in [1.807, 2.05) is 68.7 Å². The molecule has 1 saturated heterocycles. The standard InChI is InChI=1S/C37H47ClN4O5S/c1-25(2)33(42-23-29-11-4-5-12-30(29)36(42)44)37(45)41-17-10-13-31(41)35(43)39-22-28-15-14-27(34-26(3)40-24-48-34)21-32(28)47-20-9-8-19-46-18-7-6-16-38/h4-5,11-12,14-15,21,24-25,31,33H,6-10,13,16-20,22-23H2,1-3H3,(H,39,43)/t31-,33?/m0/s1.